The molecule has 9 heteroatoms. The summed E-state index contributed by atoms with van der Waals surface area (Å²) >= 11 is 8.07. The van der Waals surface area contributed by atoms with E-state index in [2.05, 4.69) is 10.6 Å². The van der Waals surface area contributed by atoms with Crippen LogP contribution in [-0.2, 0) is 14.3 Å². The summed E-state index contributed by atoms with van der Waals surface area (Å²) in [6, 6.07) is 9.45. The molecule has 0 aromatic heterocycles. The Labute approximate surface area is 247 Å². The average Bonchev–Trinajstić information content (AvgIpc) is 2.82. The summed E-state index contributed by atoms with van der Waals surface area (Å²) in [4.78, 5) is 43.1. The van der Waals surface area contributed by atoms with Gasteiger partial charge >= 0.3 is 6.09 Å². The number of halogens is 1. The molecule has 2 unspecified atom stereocenters. The maximum absolute atomic E-state index is 14.4. The van der Waals surface area contributed by atoms with Crippen LogP contribution in [-0.4, -0.2) is 52.5 Å². The molecule has 2 atom stereocenters. The maximum atomic E-state index is 14.4. The lowest BCUT2D eigenvalue weighted by atomic mass is 9.87. The lowest BCUT2D eigenvalue weighted by molar-refractivity contribution is -0.145. The van der Waals surface area contributed by atoms with Gasteiger partial charge in [-0.15, -0.1) is 0 Å². The van der Waals surface area contributed by atoms with Gasteiger partial charge in [-0.3, -0.25) is 9.59 Å². The number of hydrogen-bond acceptors (Lipinski definition) is 5. The smallest absolute Gasteiger partial charge is 0.408 e. The molecule has 0 saturated heterocycles. The molecule has 1 aliphatic rings. The highest BCUT2D eigenvalue weighted by Crippen LogP contribution is 2.37. The molecule has 40 heavy (non-hydrogen) atoms. The highest BCUT2D eigenvalue weighted by molar-refractivity contribution is 7.98. The SMILES string of the molecule is CSCCC(NC(=O)OC(C)(C)C)C(=O)N(C1CCC1)C(C(=O)Nc1c(C)cccc1Cl)c1ccc(C)cc1C. The van der Waals surface area contributed by atoms with E-state index in [1.807, 2.05) is 57.4 Å². The third-order valence-corrected chi connectivity index (χ3v) is 8.00. The summed E-state index contributed by atoms with van der Waals surface area (Å²) in [7, 11) is 0. The fourth-order valence-corrected chi connectivity index (χ4v) is 5.58. The van der Waals surface area contributed by atoms with Gasteiger partial charge in [0.05, 0.1) is 10.7 Å². The Kier molecular flexibility index (Phi) is 11.0. The molecule has 3 rings (SSSR count). The van der Waals surface area contributed by atoms with Crippen molar-refractivity contribution in [2.75, 3.05) is 17.3 Å². The van der Waals surface area contributed by atoms with Crippen molar-refractivity contribution in [2.45, 2.75) is 91.0 Å². The number of ether oxygens (including phenoxy) is 1. The lowest BCUT2D eigenvalue weighted by Crippen LogP contribution is -2.57. The normalized spacial score (nSPS) is 15.0. The summed E-state index contributed by atoms with van der Waals surface area (Å²) in [5.41, 5.74) is 3.36. The first-order valence-corrected chi connectivity index (χ1v) is 15.5. The molecule has 2 N–H and O–H groups in total. The summed E-state index contributed by atoms with van der Waals surface area (Å²) in [6.07, 6.45) is 4.25. The number of carbonyl (C=O) groups is 3. The molecule has 0 heterocycles. The second-order valence-electron chi connectivity index (χ2n) is 11.5. The van der Waals surface area contributed by atoms with Crippen molar-refractivity contribution in [1.82, 2.24) is 10.2 Å². The zero-order valence-electron chi connectivity index (χ0n) is 24.6. The van der Waals surface area contributed by atoms with Gasteiger partial charge in [0, 0.05) is 6.04 Å². The van der Waals surface area contributed by atoms with E-state index >= 15 is 0 Å². The number of hydrogen-bond donors (Lipinski definition) is 2. The number of aryl methyl sites for hydroxylation is 3. The maximum Gasteiger partial charge on any atom is 0.408 e. The third-order valence-electron chi connectivity index (χ3n) is 7.04. The van der Waals surface area contributed by atoms with Gasteiger partial charge in [-0.25, -0.2) is 4.79 Å². The first kappa shape index (κ1) is 31.8. The van der Waals surface area contributed by atoms with Crippen molar-refractivity contribution in [3.8, 4) is 0 Å². The molecule has 1 fully saturated rings. The molecule has 1 aliphatic carbocycles. The molecule has 2 aromatic rings. The minimum absolute atomic E-state index is 0.131. The summed E-state index contributed by atoms with van der Waals surface area (Å²) < 4.78 is 5.49. The number of amides is 3. The van der Waals surface area contributed by atoms with E-state index in [0.29, 0.717) is 22.9 Å². The molecular weight excluding hydrogens is 546 g/mol. The Morgan fingerprint density at radius 2 is 1.80 bits per heavy atom. The molecule has 1 saturated carbocycles. The Morgan fingerprint density at radius 3 is 2.35 bits per heavy atom. The van der Waals surface area contributed by atoms with Crippen molar-refractivity contribution < 1.29 is 19.1 Å². The van der Waals surface area contributed by atoms with E-state index in [4.69, 9.17) is 16.3 Å². The molecule has 0 spiro atoms. The van der Waals surface area contributed by atoms with Crippen LogP contribution in [0.15, 0.2) is 36.4 Å². The molecule has 0 aliphatic heterocycles. The van der Waals surface area contributed by atoms with Gasteiger partial charge in [0.15, 0.2) is 0 Å². The Morgan fingerprint density at radius 1 is 1.10 bits per heavy atom. The van der Waals surface area contributed by atoms with Crippen LogP contribution in [0.2, 0.25) is 5.02 Å². The Balaban J connectivity index is 2.07. The minimum Gasteiger partial charge on any atom is -0.444 e. The van der Waals surface area contributed by atoms with Crippen LogP contribution in [0.1, 0.15) is 74.8 Å². The van der Waals surface area contributed by atoms with Gasteiger partial charge in [-0.1, -0.05) is 47.5 Å². The van der Waals surface area contributed by atoms with Crippen LogP contribution in [0, 0.1) is 20.8 Å². The van der Waals surface area contributed by atoms with E-state index in [1.54, 1.807) is 43.5 Å². The quantitative estimate of drug-likeness (QED) is 0.313. The number of carbonyl (C=O) groups excluding carboxylic acids is 3. The van der Waals surface area contributed by atoms with Crippen molar-refractivity contribution in [3.05, 3.63) is 63.7 Å². The van der Waals surface area contributed by atoms with Crippen LogP contribution >= 0.6 is 23.4 Å². The molecule has 0 bridgehead atoms. The standard InChI is InChI=1S/C31H42ClN3O4S/c1-19-14-15-23(21(3)18-19)27(28(36)34-26-20(2)10-8-13-24(26)32)35(22-11-9-12-22)29(37)25(16-17-40-7)33-30(38)39-31(4,5)6/h8,10,13-15,18,22,25,27H,9,11-12,16-17H2,1-7H3,(H,33,38)(H,34,36). The second kappa shape index (κ2) is 13.8. The van der Waals surface area contributed by atoms with Gasteiger partial charge < -0.3 is 20.3 Å². The van der Waals surface area contributed by atoms with Crippen LogP contribution in [0.3, 0.4) is 0 Å². The number of alkyl carbamates (subject to hydrolysis) is 1. The molecule has 7 nitrogen and oxygen atoms in total. The van der Waals surface area contributed by atoms with Gasteiger partial charge in [-0.2, -0.15) is 11.8 Å². The van der Waals surface area contributed by atoms with Gasteiger partial charge in [-0.05, 0) is 102 Å². The predicted molar refractivity (Wildman–Crippen MR) is 164 cm³/mol. The summed E-state index contributed by atoms with van der Waals surface area (Å²) in [5.74, 6) is 0.0223. The monoisotopic (exact) mass is 587 g/mol. The number of benzene rings is 2. The van der Waals surface area contributed by atoms with E-state index in [0.717, 1.165) is 41.5 Å². The first-order chi connectivity index (χ1) is 18.8. The van der Waals surface area contributed by atoms with Crippen LogP contribution in [0.5, 0.6) is 0 Å². The number of anilines is 1. The lowest BCUT2D eigenvalue weighted by Gasteiger charge is -2.44. The minimum atomic E-state index is -0.911. The van der Waals surface area contributed by atoms with Gasteiger partial charge in [0.1, 0.15) is 17.7 Å². The van der Waals surface area contributed by atoms with Gasteiger partial charge in [0.2, 0.25) is 5.91 Å². The molecule has 2 aromatic carbocycles. The van der Waals surface area contributed by atoms with Crippen molar-refractivity contribution >= 4 is 47.0 Å². The van der Waals surface area contributed by atoms with E-state index in [9.17, 15) is 14.4 Å². The Bertz CT molecular complexity index is 1210. The first-order valence-electron chi connectivity index (χ1n) is 13.8. The number of thioether (sulfide) groups is 1. The number of rotatable bonds is 10. The zero-order chi connectivity index (χ0) is 29.6. The largest absolute Gasteiger partial charge is 0.444 e. The Hall–Kier alpha value is -2.71. The summed E-state index contributed by atoms with van der Waals surface area (Å²) in [5, 5.41) is 6.27. The van der Waals surface area contributed by atoms with Crippen LogP contribution < -0.4 is 10.6 Å². The zero-order valence-corrected chi connectivity index (χ0v) is 26.2. The van der Waals surface area contributed by atoms with Crippen molar-refractivity contribution in [2.24, 2.45) is 0 Å². The average molecular weight is 588 g/mol. The fraction of sp³-hybridized carbons (Fsp3) is 0.516. The molecule has 0 radical (unpaired) electrons. The number of nitrogens with one attached hydrogen (secondary N) is 2. The topological polar surface area (TPSA) is 87.7 Å². The van der Waals surface area contributed by atoms with Gasteiger partial charge in [0.25, 0.3) is 5.91 Å². The third kappa shape index (κ3) is 8.16. The molecular formula is C31H42ClN3O4S. The second-order valence-corrected chi connectivity index (χ2v) is 12.9. The molecule has 218 valence electrons. The number of para-hydroxylation sites is 1. The van der Waals surface area contributed by atoms with Crippen LogP contribution in [0.4, 0.5) is 10.5 Å². The number of nitrogens with zero attached hydrogens (tertiary/aromatic N) is 1. The predicted octanol–water partition coefficient (Wildman–Crippen LogP) is 6.97. The van der Waals surface area contributed by atoms with E-state index in [-0.39, 0.29) is 17.9 Å². The van der Waals surface area contributed by atoms with E-state index < -0.39 is 23.8 Å². The molecule has 3 amide bonds. The summed E-state index contributed by atoms with van der Waals surface area (Å²) in [6.45, 7) is 11.2. The highest BCUT2D eigenvalue weighted by atomic mass is 35.5. The van der Waals surface area contributed by atoms with Crippen molar-refractivity contribution in [1.29, 1.82) is 0 Å². The van der Waals surface area contributed by atoms with Crippen molar-refractivity contribution in [3.63, 3.8) is 0 Å². The highest BCUT2D eigenvalue weighted by Gasteiger charge is 2.42. The fourth-order valence-electron chi connectivity index (χ4n) is 4.84. The van der Waals surface area contributed by atoms with Crippen LogP contribution in [0.25, 0.3) is 0 Å². The van der Waals surface area contributed by atoms with E-state index in [1.165, 1.54) is 0 Å².